The number of rotatable bonds is 4. The van der Waals surface area contributed by atoms with E-state index in [1.54, 1.807) is 24.3 Å². The Balaban J connectivity index is 1.76. The third kappa shape index (κ3) is 3.89. The number of alkyl halides is 3. The zero-order valence-corrected chi connectivity index (χ0v) is 16.9. The first-order valence-corrected chi connectivity index (χ1v) is 10.0. The summed E-state index contributed by atoms with van der Waals surface area (Å²) in [6.07, 6.45) is -1.64. The van der Waals surface area contributed by atoms with E-state index in [2.05, 4.69) is 0 Å². The molecule has 2 aromatic rings. The molecule has 4 rings (SSSR count). The Hall–Kier alpha value is -3.29. The molecule has 0 radical (unpaired) electrons. The monoisotopic (exact) mass is 430 g/mol. The maximum absolute atomic E-state index is 13.4. The van der Waals surface area contributed by atoms with Gasteiger partial charge < -0.3 is 9.64 Å². The van der Waals surface area contributed by atoms with Crippen LogP contribution < -0.4 is 9.64 Å². The van der Waals surface area contributed by atoms with Crippen LogP contribution in [0.25, 0.3) is 5.57 Å². The molecule has 2 aliphatic heterocycles. The third-order valence-corrected chi connectivity index (χ3v) is 5.56. The van der Waals surface area contributed by atoms with E-state index in [0.29, 0.717) is 30.1 Å². The Morgan fingerprint density at radius 1 is 0.839 bits per heavy atom. The van der Waals surface area contributed by atoms with E-state index in [4.69, 9.17) is 4.74 Å². The molecule has 5 nitrogen and oxygen atoms in total. The number of likely N-dealkylation sites (tertiary alicyclic amines) is 1. The van der Waals surface area contributed by atoms with Crippen LogP contribution in [-0.4, -0.2) is 36.9 Å². The molecule has 31 heavy (non-hydrogen) atoms. The maximum Gasteiger partial charge on any atom is 0.416 e. The van der Waals surface area contributed by atoms with Crippen molar-refractivity contribution in [1.29, 1.82) is 0 Å². The number of ether oxygens (including phenoxy) is 1. The number of carbonyl (C=O) groups excluding carboxylic acids is 2. The van der Waals surface area contributed by atoms with Gasteiger partial charge in [-0.2, -0.15) is 13.2 Å². The highest BCUT2D eigenvalue weighted by molar-refractivity contribution is 6.45. The van der Waals surface area contributed by atoms with E-state index in [1.165, 1.54) is 7.11 Å². The number of imide groups is 1. The van der Waals surface area contributed by atoms with Crippen LogP contribution in [0.5, 0.6) is 5.75 Å². The van der Waals surface area contributed by atoms with Gasteiger partial charge in [0.25, 0.3) is 11.8 Å². The lowest BCUT2D eigenvalue weighted by Gasteiger charge is -2.29. The van der Waals surface area contributed by atoms with Gasteiger partial charge in [-0.25, -0.2) is 4.90 Å². The molecule has 2 aromatic carbocycles. The van der Waals surface area contributed by atoms with E-state index >= 15 is 0 Å². The van der Waals surface area contributed by atoms with Crippen molar-refractivity contribution in [2.75, 3.05) is 25.1 Å². The molecule has 2 aliphatic rings. The Kier molecular flexibility index (Phi) is 5.47. The summed E-state index contributed by atoms with van der Waals surface area (Å²) in [4.78, 5) is 29.6. The van der Waals surface area contributed by atoms with Gasteiger partial charge in [0, 0.05) is 13.1 Å². The number of hydrogen-bond acceptors (Lipinski definition) is 4. The molecule has 2 heterocycles. The highest BCUT2D eigenvalue weighted by Gasteiger charge is 2.43. The quantitative estimate of drug-likeness (QED) is 0.671. The summed E-state index contributed by atoms with van der Waals surface area (Å²) in [7, 11) is 1.53. The summed E-state index contributed by atoms with van der Waals surface area (Å²) in [6.45, 7) is 1.30. The highest BCUT2D eigenvalue weighted by atomic mass is 19.4. The molecule has 1 saturated heterocycles. The van der Waals surface area contributed by atoms with Gasteiger partial charge in [0.2, 0.25) is 0 Å². The molecule has 8 heteroatoms. The zero-order valence-electron chi connectivity index (χ0n) is 16.9. The molecular formula is C23H21F3N2O3. The van der Waals surface area contributed by atoms with Gasteiger partial charge >= 0.3 is 6.18 Å². The Bertz CT molecular complexity index is 1020. The van der Waals surface area contributed by atoms with Crippen LogP contribution in [0.1, 0.15) is 30.4 Å². The number of hydrogen-bond donors (Lipinski definition) is 0. The minimum Gasteiger partial charge on any atom is -0.497 e. The fourth-order valence-corrected chi connectivity index (χ4v) is 3.98. The van der Waals surface area contributed by atoms with Gasteiger partial charge in [0.05, 0.1) is 23.9 Å². The van der Waals surface area contributed by atoms with Gasteiger partial charge in [0.15, 0.2) is 0 Å². The summed E-state index contributed by atoms with van der Waals surface area (Å²) in [5.41, 5.74) is 0.398. The lowest BCUT2D eigenvalue weighted by atomic mass is 10.0. The molecule has 0 aliphatic carbocycles. The number of anilines is 1. The van der Waals surface area contributed by atoms with E-state index in [1.807, 2.05) is 4.90 Å². The van der Waals surface area contributed by atoms with Gasteiger partial charge in [-0.05, 0) is 61.2 Å². The molecule has 0 bridgehead atoms. The predicted octanol–water partition coefficient (Wildman–Crippen LogP) is 4.48. The van der Waals surface area contributed by atoms with Crippen molar-refractivity contribution in [2.45, 2.75) is 25.4 Å². The van der Waals surface area contributed by atoms with E-state index in [9.17, 15) is 22.8 Å². The van der Waals surface area contributed by atoms with Crippen molar-refractivity contribution in [3.8, 4) is 5.75 Å². The van der Waals surface area contributed by atoms with Crippen molar-refractivity contribution >= 4 is 23.1 Å². The molecule has 162 valence electrons. The molecular weight excluding hydrogens is 409 g/mol. The van der Waals surface area contributed by atoms with Gasteiger partial charge in [-0.3, -0.25) is 9.59 Å². The number of nitrogens with zero attached hydrogens (tertiary/aromatic N) is 2. The highest BCUT2D eigenvalue weighted by Crippen LogP contribution is 2.37. The van der Waals surface area contributed by atoms with Crippen molar-refractivity contribution < 1.29 is 27.5 Å². The van der Waals surface area contributed by atoms with E-state index in [0.717, 1.165) is 48.4 Å². The topological polar surface area (TPSA) is 49.9 Å². The van der Waals surface area contributed by atoms with Crippen LogP contribution in [0.2, 0.25) is 0 Å². The molecule has 1 fully saturated rings. The average Bonchev–Trinajstić information content (AvgIpc) is 3.04. The zero-order chi connectivity index (χ0) is 22.2. The van der Waals surface area contributed by atoms with Crippen LogP contribution >= 0.6 is 0 Å². The minimum absolute atomic E-state index is 0.112. The Morgan fingerprint density at radius 2 is 1.45 bits per heavy atom. The number of benzene rings is 2. The van der Waals surface area contributed by atoms with Crippen molar-refractivity contribution in [2.24, 2.45) is 0 Å². The molecule has 2 amide bonds. The summed E-state index contributed by atoms with van der Waals surface area (Å²) < 4.78 is 44.0. The second-order valence-corrected chi connectivity index (χ2v) is 7.49. The van der Waals surface area contributed by atoms with Crippen molar-refractivity contribution in [3.63, 3.8) is 0 Å². The first-order chi connectivity index (χ1) is 14.8. The standard InChI is InChI=1S/C23H21F3N2O3/c1-31-18-11-5-15(6-12-18)19-20(27-13-3-2-4-14-27)22(30)28(21(19)29)17-9-7-16(8-10-17)23(24,25)26/h5-12H,2-4,13-14H2,1H3. The molecule has 0 aromatic heterocycles. The summed E-state index contributed by atoms with van der Waals surface area (Å²) in [5, 5.41) is 0. The number of methoxy groups -OCH3 is 1. The third-order valence-electron chi connectivity index (χ3n) is 5.56. The Labute approximate surface area is 177 Å². The van der Waals surface area contributed by atoms with E-state index < -0.39 is 23.6 Å². The fourth-order valence-electron chi connectivity index (χ4n) is 3.98. The SMILES string of the molecule is COc1ccc(C2=C(N3CCCCC3)C(=O)N(c3ccc(C(F)(F)F)cc3)C2=O)cc1. The number of carbonyl (C=O) groups is 2. The second-order valence-electron chi connectivity index (χ2n) is 7.49. The Morgan fingerprint density at radius 3 is 2.00 bits per heavy atom. The van der Waals surface area contributed by atoms with Crippen molar-refractivity contribution in [1.82, 2.24) is 4.90 Å². The van der Waals surface area contributed by atoms with Crippen LogP contribution in [0.15, 0.2) is 54.2 Å². The molecule has 0 N–H and O–H groups in total. The van der Waals surface area contributed by atoms with E-state index in [-0.39, 0.29) is 11.3 Å². The van der Waals surface area contributed by atoms with Crippen molar-refractivity contribution in [3.05, 3.63) is 65.4 Å². The number of piperidine rings is 1. The summed E-state index contributed by atoms with van der Waals surface area (Å²) >= 11 is 0. The summed E-state index contributed by atoms with van der Waals surface area (Å²) in [5.74, 6) is -0.451. The first kappa shape index (κ1) is 21.0. The first-order valence-electron chi connectivity index (χ1n) is 10.0. The minimum atomic E-state index is -4.50. The second kappa shape index (κ2) is 8.09. The molecule has 0 unspecified atom stereocenters. The maximum atomic E-state index is 13.4. The molecule has 0 atom stereocenters. The fraction of sp³-hybridized carbons (Fsp3) is 0.304. The molecule has 0 saturated carbocycles. The lowest BCUT2D eigenvalue weighted by molar-refractivity contribution is -0.137. The lowest BCUT2D eigenvalue weighted by Crippen LogP contribution is -2.37. The average molecular weight is 430 g/mol. The molecule has 0 spiro atoms. The number of halogens is 3. The predicted molar refractivity (Wildman–Crippen MR) is 109 cm³/mol. The van der Waals surface area contributed by atoms with Gasteiger partial charge in [-0.15, -0.1) is 0 Å². The van der Waals surface area contributed by atoms with Crippen LogP contribution in [0.3, 0.4) is 0 Å². The number of amides is 2. The van der Waals surface area contributed by atoms with Gasteiger partial charge in [0.1, 0.15) is 11.4 Å². The van der Waals surface area contributed by atoms with Crippen LogP contribution in [0.4, 0.5) is 18.9 Å². The normalized spacial score (nSPS) is 17.5. The van der Waals surface area contributed by atoms with Crippen LogP contribution in [0, 0.1) is 0 Å². The van der Waals surface area contributed by atoms with Gasteiger partial charge in [-0.1, -0.05) is 12.1 Å². The van der Waals surface area contributed by atoms with Crippen LogP contribution in [-0.2, 0) is 15.8 Å². The largest absolute Gasteiger partial charge is 0.497 e. The summed E-state index contributed by atoms with van der Waals surface area (Å²) in [6, 6.07) is 10.9. The smallest absolute Gasteiger partial charge is 0.416 e.